The van der Waals surface area contributed by atoms with Crippen LogP contribution in [0.25, 0.3) is 0 Å². The van der Waals surface area contributed by atoms with Crippen LogP contribution in [0.15, 0.2) is 11.8 Å². The van der Waals surface area contributed by atoms with E-state index < -0.39 is 22.4 Å². The molecule has 4 N–H and O–H groups in total. The number of hydrogen-bond donors (Lipinski definition) is 2. The van der Waals surface area contributed by atoms with E-state index in [-0.39, 0.29) is 12.8 Å². The first-order chi connectivity index (χ1) is 5.95. The van der Waals surface area contributed by atoms with Crippen LogP contribution in [-0.4, -0.2) is 16.7 Å². The summed E-state index contributed by atoms with van der Waals surface area (Å²) >= 11 is 0. The third kappa shape index (κ3) is 4.51. The number of hydrogen-bond acceptors (Lipinski definition) is 4. The molecule has 0 aromatic carbocycles. The molecule has 0 saturated carbocycles. The van der Waals surface area contributed by atoms with Gasteiger partial charge in [-0.15, -0.1) is 0 Å². The molecule has 0 aromatic rings. The highest BCUT2D eigenvalue weighted by Gasteiger charge is 2.16. The maximum Gasteiger partial charge on any atom is 0.329 e. The van der Waals surface area contributed by atoms with E-state index in [0.717, 1.165) is 6.08 Å². The molecule has 0 aliphatic heterocycles. The molecule has 0 fully saturated rings. The summed E-state index contributed by atoms with van der Waals surface area (Å²) in [6.07, 6.45) is 0.965. The first kappa shape index (κ1) is 11.1. The molecule has 0 aliphatic rings. The van der Waals surface area contributed by atoms with E-state index >= 15 is 0 Å². The lowest BCUT2D eigenvalue weighted by Crippen LogP contribution is -2.20. The monoisotopic (exact) mass is 187 g/mol. The highest BCUT2D eigenvalue weighted by molar-refractivity contribution is 5.89. The van der Waals surface area contributed by atoms with E-state index in [1.807, 2.05) is 0 Å². The molecule has 0 atom stereocenters. The fraction of sp³-hybridized carbons (Fsp3) is 0.333. The van der Waals surface area contributed by atoms with Gasteiger partial charge in [-0.1, -0.05) is 0 Å². The van der Waals surface area contributed by atoms with Gasteiger partial charge >= 0.3 is 11.6 Å². The third-order valence-corrected chi connectivity index (χ3v) is 1.18. The first-order valence-electron chi connectivity index (χ1n) is 3.37. The molecular formula is C6H9N3O4. The van der Waals surface area contributed by atoms with Crippen LogP contribution in [0.1, 0.15) is 12.8 Å². The average Bonchev–Trinajstić information content (AvgIpc) is 1.95. The lowest BCUT2D eigenvalue weighted by atomic mass is 10.2. The zero-order chi connectivity index (χ0) is 10.4. The Labute approximate surface area is 73.5 Å². The number of amides is 2. The minimum Gasteiger partial charge on any atom is -0.370 e. The highest BCUT2D eigenvalue weighted by atomic mass is 16.6. The van der Waals surface area contributed by atoms with Crippen molar-refractivity contribution in [2.24, 2.45) is 11.5 Å². The number of carbonyl (C=O) groups excluding carboxylic acids is 2. The van der Waals surface area contributed by atoms with Crippen LogP contribution in [0.4, 0.5) is 0 Å². The summed E-state index contributed by atoms with van der Waals surface area (Å²) in [5, 5.41) is 10.1. The largest absolute Gasteiger partial charge is 0.370 e. The standard InChI is InChI=1S/C6H9N3O4/c7-5(10)3-1-2-4(6(8)11)9(12)13/h2H,1,3H2,(H2,7,10)(H2,8,11). The molecule has 0 unspecified atom stereocenters. The van der Waals surface area contributed by atoms with Gasteiger partial charge < -0.3 is 11.5 Å². The Morgan fingerprint density at radius 3 is 2.23 bits per heavy atom. The van der Waals surface area contributed by atoms with Crippen molar-refractivity contribution in [1.29, 1.82) is 0 Å². The Balaban J connectivity index is 4.30. The number of nitro groups is 1. The van der Waals surface area contributed by atoms with Gasteiger partial charge in [0, 0.05) is 12.5 Å². The Bertz CT molecular complexity index is 255. The van der Waals surface area contributed by atoms with Crippen LogP contribution in [0, 0.1) is 10.1 Å². The molecule has 0 radical (unpaired) electrons. The van der Waals surface area contributed by atoms with E-state index in [4.69, 9.17) is 5.73 Å². The van der Waals surface area contributed by atoms with Gasteiger partial charge in [-0.3, -0.25) is 19.7 Å². The zero-order valence-electron chi connectivity index (χ0n) is 6.73. The van der Waals surface area contributed by atoms with E-state index in [2.05, 4.69) is 5.73 Å². The molecule has 0 bridgehead atoms. The Hall–Kier alpha value is -1.92. The van der Waals surface area contributed by atoms with Crippen molar-refractivity contribution in [3.8, 4) is 0 Å². The van der Waals surface area contributed by atoms with Crippen molar-refractivity contribution in [2.45, 2.75) is 12.8 Å². The molecule has 0 aromatic heterocycles. The molecule has 0 spiro atoms. The van der Waals surface area contributed by atoms with E-state index in [0.29, 0.717) is 0 Å². The second-order valence-electron chi connectivity index (χ2n) is 2.22. The molecule has 72 valence electrons. The number of nitrogens with zero attached hydrogens (tertiary/aromatic N) is 1. The van der Waals surface area contributed by atoms with Crippen molar-refractivity contribution in [3.05, 3.63) is 21.9 Å². The second kappa shape index (κ2) is 4.86. The quantitative estimate of drug-likeness (QED) is 0.321. The van der Waals surface area contributed by atoms with Gasteiger partial charge in [0.1, 0.15) is 0 Å². The molecular weight excluding hydrogens is 178 g/mol. The third-order valence-electron chi connectivity index (χ3n) is 1.18. The minimum absolute atomic E-state index is 0.0363. The van der Waals surface area contributed by atoms with Crippen LogP contribution in [-0.2, 0) is 9.59 Å². The summed E-state index contributed by atoms with van der Waals surface area (Å²) in [6, 6.07) is 0. The molecule has 0 rings (SSSR count). The second-order valence-corrected chi connectivity index (χ2v) is 2.22. The van der Waals surface area contributed by atoms with Crippen LogP contribution in [0.3, 0.4) is 0 Å². The van der Waals surface area contributed by atoms with E-state index in [1.54, 1.807) is 0 Å². The Morgan fingerprint density at radius 1 is 1.38 bits per heavy atom. The van der Waals surface area contributed by atoms with Crippen molar-refractivity contribution in [1.82, 2.24) is 0 Å². The normalized spacial score (nSPS) is 10.9. The van der Waals surface area contributed by atoms with Gasteiger partial charge in [-0.25, -0.2) is 0 Å². The molecule has 7 nitrogen and oxygen atoms in total. The van der Waals surface area contributed by atoms with Crippen molar-refractivity contribution in [3.63, 3.8) is 0 Å². The summed E-state index contributed by atoms with van der Waals surface area (Å²) in [5.41, 5.74) is 8.75. The van der Waals surface area contributed by atoms with Gasteiger partial charge in [0.15, 0.2) is 0 Å². The lowest BCUT2D eigenvalue weighted by Gasteiger charge is -1.92. The van der Waals surface area contributed by atoms with Crippen LogP contribution >= 0.6 is 0 Å². The highest BCUT2D eigenvalue weighted by Crippen LogP contribution is 1.99. The van der Waals surface area contributed by atoms with Gasteiger partial charge in [0.25, 0.3) is 0 Å². The minimum atomic E-state index is -1.13. The Morgan fingerprint density at radius 2 is 1.92 bits per heavy atom. The Kier molecular flexibility index (Phi) is 4.14. The maximum absolute atomic E-state index is 10.4. The summed E-state index contributed by atoms with van der Waals surface area (Å²) in [6.45, 7) is 0. The lowest BCUT2D eigenvalue weighted by molar-refractivity contribution is -0.419. The predicted octanol–water partition coefficient (Wildman–Crippen LogP) is -1.10. The molecule has 0 aliphatic carbocycles. The van der Waals surface area contributed by atoms with E-state index in [1.165, 1.54) is 0 Å². The summed E-state index contributed by atoms with van der Waals surface area (Å²) < 4.78 is 0. The van der Waals surface area contributed by atoms with Gasteiger partial charge in [0.2, 0.25) is 5.91 Å². The van der Waals surface area contributed by atoms with Crippen molar-refractivity contribution in [2.75, 3.05) is 0 Å². The van der Waals surface area contributed by atoms with Gasteiger partial charge in [-0.05, 0) is 6.42 Å². The average molecular weight is 187 g/mol. The van der Waals surface area contributed by atoms with Crippen LogP contribution < -0.4 is 11.5 Å². The SMILES string of the molecule is NC(=O)CCC=C(C(N)=O)[N+](=O)[O-]. The number of carbonyl (C=O) groups is 2. The maximum atomic E-state index is 10.4. The predicted molar refractivity (Wildman–Crippen MR) is 42.7 cm³/mol. The molecule has 7 heteroatoms. The first-order valence-corrected chi connectivity index (χ1v) is 3.37. The number of primary amides is 2. The zero-order valence-corrected chi connectivity index (χ0v) is 6.73. The van der Waals surface area contributed by atoms with Gasteiger partial charge in [0.05, 0.1) is 4.92 Å². The fourth-order valence-corrected chi connectivity index (χ4v) is 0.616. The van der Waals surface area contributed by atoms with Gasteiger partial charge in [-0.2, -0.15) is 0 Å². The topological polar surface area (TPSA) is 129 Å². The van der Waals surface area contributed by atoms with Crippen molar-refractivity contribution >= 4 is 11.8 Å². The number of rotatable bonds is 5. The van der Waals surface area contributed by atoms with Crippen LogP contribution in [0.5, 0.6) is 0 Å². The van der Waals surface area contributed by atoms with Crippen LogP contribution in [0.2, 0.25) is 0 Å². The summed E-state index contributed by atoms with van der Waals surface area (Å²) in [5.74, 6) is -1.72. The van der Waals surface area contributed by atoms with E-state index in [9.17, 15) is 19.7 Å². The summed E-state index contributed by atoms with van der Waals surface area (Å²) in [7, 11) is 0. The number of nitrogens with two attached hydrogens (primary N) is 2. The molecule has 0 heterocycles. The van der Waals surface area contributed by atoms with Crippen molar-refractivity contribution < 1.29 is 14.5 Å². The summed E-state index contributed by atoms with van der Waals surface area (Å²) in [4.78, 5) is 29.9. The molecule has 13 heavy (non-hydrogen) atoms. The fourth-order valence-electron chi connectivity index (χ4n) is 0.616. The smallest absolute Gasteiger partial charge is 0.329 e. The number of allylic oxidation sites excluding steroid dienone is 1. The molecule has 0 saturated heterocycles. The molecule has 2 amide bonds.